The minimum atomic E-state index is -0.472. The number of hydrogen-bond acceptors (Lipinski definition) is 4. The lowest BCUT2D eigenvalue weighted by atomic mass is 10.2. The summed E-state index contributed by atoms with van der Waals surface area (Å²) in [6, 6.07) is 0.0456. The first-order valence-corrected chi connectivity index (χ1v) is 6.24. The van der Waals surface area contributed by atoms with E-state index in [2.05, 4.69) is 0 Å². The van der Waals surface area contributed by atoms with Crippen LogP contribution in [-0.4, -0.2) is 67.3 Å². The molecule has 1 rings (SSSR count). The number of carbonyl (C=O) groups is 2. The van der Waals surface area contributed by atoms with Crippen molar-refractivity contribution in [1.82, 2.24) is 9.80 Å². The van der Waals surface area contributed by atoms with E-state index in [4.69, 9.17) is 9.47 Å². The molecule has 6 heteroatoms. The number of carbonyl (C=O) groups excluding carboxylic acids is 2. The summed E-state index contributed by atoms with van der Waals surface area (Å²) in [7, 11) is 1.56. The van der Waals surface area contributed by atoms with Crippen LogP contribution in [0.2, 0.25) is 0 Å². The van der Waals surface area contributed by atoms with E-state index in [1.807, 2.05) is 13.8 Å². The molecule has 0 aromatic heterocycles. The van der Waals surface area contributed by atoms with Crippen molar-refractivity contribution < 1.29 is 19.1 Å². The molecule has 2 atom stereocenters. The van der Waals surface area contributed by atoms with Crippen LogP contribution in [0.15, 0.2) is 0 Å². The van der Waals surface area contributed by atoms with Gasteiger partial charge < -0.3 is 19.3 Å². The van der Waals surface area contributed by atoms with Gasteiger partial charge in [0.15, 0.2) is 0 Å². The summed E-state index contributed by atoms with van der Waals surface area (Å²) in [6.45, 7) is 7.06. The lowest BCUT2D eigenvalue weighted by molar-refractivity contribution is -0.143. The summed E-state index contributed by atoms with van der Waals surface area (Å²) in [5.41, 5.74) is 0. The first-order valence-electron chi connectivity index (χ1n) is 6.24. The molecule has 0 radical (unpaired) electrons. The largest absolute Gasteiger partial charge is 0.450 e. The number of likely N-dealkylation sites (N-methyl/N-ethyl adjacent to an activating group) is 1. The number of hydrogen-bond donors (Lipinski definition) is 0. The van der Waals surface area contributed by atoms with Gasteiger partial charge in [-0.1, -0.05) is 0 Å². The maximum atomic E-state index is 12.1. The number of ether oxygens (including phenoxy) is 2. The zero-order chi connectivity index (χ0) is 13.7. The van der Waals surface area contributed by atoms with Crippen LogP contribution in [0.25, 0.3) is 0 Å². The number of rotatable bonds is 3. The van der Waals surface area contributed by atoms with Gasteiger partial charge in [-0.25, -0.2) is 4.79 Å². The first-order chi connectivity index (χ1) is 8.45. The van der Waals surface area contributed by atoms with Crippen molar-refractivity contribution in [3.8, 4) is 0 Å². The normalized spacial score (nSPS) is 23.7. The first kappa shape index (κ1) is 14.8. The zero-order valence-electron chi connectivity index (χ0n) is 11.5. The highest BCUT2D eigenvalue weighted by molar-refractivity contribution is 5.82. The molecule has 6 nitrogen and oxygen atoms in total. The fourth-order valence-electron chi connectivity index (χ4n) is 1.84. The average molecular weight is 258 g/mol. The molecule has 104 valence electrons. The fraction of sp³-hybridized carbons (Fsp3) is 0.833. The highest BCUT2D eigenvalue weighted by atomic mass is 16.6. The SMILES string of the molecule is CCOC(=O)N(C)CC(=O)N1CC(C)OCC1C. The fourth-order valence-corrected chi connectivity index (χ4v) is 1.84. The molecule has 0 spiro atoms. The van der Waals surface area contributed by atoms with Crippen molar-refractivity contribution in [3.05, 3.63) is 0 Å². The maximum absolute atomic E-state index is 12.1. The molecule has 1 saturated heterocycles. The van der Waals surface area contributed by atoms with E-state index in [1.165, 1.54) is 4.90 Å². The van der Waals surface area contributed by atoms with E-state index in [0.717, 1.165) is 0 Å². The minimum Gasteiger partial charge on any atom is -0.450 e. The van der Waals surface area contributed by atoms with Crippen molar-refractivity contribution in [2.75, 3.05) is 33.4 Å². The summed E-state index contributed by atoms with van der Waals surface area (Å²) in [4.78, 5) is 26.6. The monoisotopic (exact) mass is 258 g/mol. The molecule has 18 heavy (non-hydrogen) atoms. The van der Waals surface area contributed by atoms with Crippen molar-refractivity contribution in [2.24, 2.45) is 0 Å². The Morgan fingerprint density at radius 2 is 2.11 bits per heavy atom. The second-order valence-corrected chi connectivity index (χ2v) is 4.59. The van der Waals surface area contributed by atoms with Gasteiger partial charge in [-0.15, -0.1) is 0 Å². The Morgan fingerprint density at radius 3 is 2.72 bits per heavy atom. The van der Waals surface area contributed by atoms with Crippen LogP contribution in [0.4, 0.5) is 4.79 Å². The Bertz CT molecular complexity index is 308. The second kappa shape index (κ2) is 6.58. The standard InChI is InChI=1S/C12H22N2O4/c1-5-17-12(16)13(4)7-11(15)14-6-10(3)18-8-9(14)2/h9-10H,5-8H2,1-4H3. The van der Waals surface area contributed by atoms with Crippen LogP contribution < -0.4 is 0 Å². The molecule has 0 N–H and O–H groups in total. The van der Waals surface area contributed by atoms with Crippen LogP contribution in [0.1, 0.15) is 20.8 Å². The smallest absolute Gasteiger partial charge is 0.409 e. The van der Waals surface area contributed by atoms with Gasteiger partial charge in [0.2, 0.25) is 5.91 Å². The number of nitrogens with zero attached hydrogens (tertiary/aromatic N) is 2. The maximum Gasteiger partial charge on any atom is 0.409 e. The predicted octanol–water partition coefficient (Wildman–Crippen LogP) is 0.711. The Balaban J connectivity index is 2.50. The van der Waals surface area contributed by atoms with Crippen LogP contribution in [0.5, 0.6) is 0 Å². The molecule has 0 bridgehead atoms. The third-order valence-corrected chi connectivity index (χ3v) is 2.88. The van der Waals surface area contributed by atoms with Gasteiger partial charge in [-0.05, 0) is 20.8 Å². The van der Waals surface area contributed by atoms with Gasteiger partial charge in [0.1, 0.15) is 6.54 Å². The third kappa shape index (κ3) is 3.87. The molecule has 1 fully saturated rings. The molecule has 1 aliphatic rings. The molecule has 1 heterocycles. The second-order valence-electron chi connectivity index (χ2n) is 4.59. The Labute approximate surface area is 108 Å². The average Bonchev–Trinajstić information content (AvgIpc) is 2.32. The summed E-state index contributed by atoms with van der Waals surface area (Å²) < 4.78 is 10.3. The van der Waals surface area contributed by atoms with Gasteiger partial charge in [0, 0.05) is 13.6 Å². The van der Waals surface area contributed by atoms with Gasteiger partial charge in [-0.2, -0.15) is 0 Å². The zero-order valence-corrected chi connectivity index (χ0v) is 11.5. The van der Waals surface area contributed by atoms with Crippen LogP contribution in [0.3, 0.4) is 0 Å². The summed E-state index contributed by atoms with van der Waals surface area (Å²) in [6.07, 6.45) is -0.433. The number of morpholine rings is 1. The van der Waals surface area contributed by atoms with Crippen LogP contribution >= 0.6 is 0 Å². The molecular weight excluding hydrogens is 236 g/mol. The highest BCUT2D eigenvalue weighted by Gasteiger charge is 2.28. The molecule has 1 aliphatic heterocycles. The highest BCUT2D eigenvalue weighted by Crippen LogP contribution is 2.11. The molecule has 0 aromatic carbocycles. The van der Waals surface area contributed by atoms with E-state index in [0.29, 0.717) is 19.8 Å². The Morgan fingerprint density at radius 1 is 1.44 bits per heavy atom. The van der Waals surface area contributed by atoms with Crippen LogP contribution in [-0.2, 0) is 14.3 Å². The van der Waals surface area contributed by atoms with Gasteiger partial charge in [0.05, 0.1) is 25.4 Å². The minimum absolute atomic E-state index is 0.0376. The van der Waals surface area contributed by atoms with E-state index in [-0.39, 0.29) is 24.6 Å². The van der Waals surface area contributed by atoms with Gasteiger partial charge >= 0.3 is 6.09 Å². The number of amides is 2. The molecule has 0 aromatic rings. The molecular formula is C12H22N2O4. The molecule has 2 amide bonds. The van der Waals surface area contributed by atoms with E-state index in [9.17, 15) is 9.59 Å². The summed E-state index contributed by atoms with van der Waals surface area (Å²) in [5.74, 6) is -0.0757. The Kier molecular flexibility index (Phi) is 5.40. The van der Waals surface area contributed by atoms with Gasteiger partial charge in [0.25, 0.3) is 0 Å². The lowest BCUT2D eigenvalue weighted by Crippen LogP contribution is -2.53. The van der Waals surface area contributed by atoms with E-state index >= 15 is 0 Å². The van der Waals surface area contributed by atoms with Gasteiger partial charge in [-0.3, -0.25) is 4.79 Å². The van der Waals surface area contributed by atoms with E-state index < -0.39 is 6.09 Å². The Hall–Kier alpha value is -1.30. The lowest BCUT2D eigenvalue weighted by Gasteiger charge is -2.37. The third-order valence-electron chi connectivity index (χ3n) is 2.88. The summed E-state index contributed by atoms with van der Waals surface area (Å²) >= 11 is 0. The van der Waals surface area contributed by atoms with Crippen molar-refractivity contribution in [1.29, 1.82) is 0 Å². The molecule has 2 unspecified atom stereocenters. The summed E-state index contributed by atoms with van der Waals surface area (Å²) in [5, 5.41) is 0. The topological polar surface area (TPSA) is 59.1 Å². The molecule has 0 aliphatic carbocycles. The van der Waals surface area contributed by atoms with E-state index in [1.54, 1.807) is 18.9 Å². The predicted molar refractivity (Wildman–Crippen MR) is 66.2 cm³/mol. The van der Waals surface area contributed by atoms with Crippen molar-refractivity contribution >= 4 is 12.0 Å². The van der Waals surface area contributed by atoms with Crippen LogP contribution in [0, 0.1) is 0 Å². The van der Waals surface area contributed by atoms with Crippen molar-refractivity contribution in [3.63, 3.8) is 0 Å². The quantitative estimate of drug-likeness (QED) is 0.748. The van der Waals surface area contributed by atoms with Crippen molar-refractivity contribution in [2.45, 2.75) is 32.9 Å². The molecule has 0 saturated carbocycles.